The van der Waals surface area contributed by atoms with Gasteiger partial charge in [-0.15, -0.1) is 0 Å². The molecule has 0 spiro atoms. The third-order valence-corrected chi connectivity index (χ3v) is 17.0. The largest absolute Gasteiger partial charge is 0.508 e. The highest BCUT2D eigenvalue weighted by Gasteiger charge is 2.46. The fourth-order valence-corrected chi connectivity index (χ4v) is 11.1. The van der Waals surface area contributed by atoms with E-state index in [1.54, 1.807) is 0 Å². The lowest BCUT2D eigenvalue weighted by atomic mass is 9.72. The van der Waals surface area contributed by atoms with Crippen LogP contribution in [0.25, 0.3) is 0 Å². The second-order valence-corrected chi connectivity index (χ2v) is 27.8. The molecule has 14 rings (SSSR count). The molecule has 21 heteroatoms. The third-order valence-electron chi connectivity index (χ3n) is 17.0. The van der Waals surface area contributed by atoms with E-state index >= 15 is 0 Å². The molecule has 0 bridgehead atoms. The number of rotatable bonds is 28. The lowest BCUT2D eigenvalue weighted by Crippen LogP contribution is -2.42. The van der Waals surface area contributed by atoms with E-state index in [9.17, 15) is 71.5 Å². The van der Waals surface area contributed by atoms with Gasteiger partial charge in [0.15, 0.2) is 0 Å². The van der Waals surface area contributed by atoms with E-state index in [2.05, 4.69) is 0 Å². The van der Waals surface area contributed by atoms with Crippen LogP contribution in [0.5, 0.6) is 40.2 Å². The van der Waals surface area contributed by atoms with Gasteiger partial charge in [0.05, 0.1) is 58.4 Å². The van der Waals surface area contributed by atoms with Crippen LogP contribution >= 0.6 is 0 Å². The van der Waals surface area contributed by atoms with E-state index in [0.29, 0.717) is 96.7 Å². The van der Waals surface area contributed by atoms with Gasteiger partial charge in [0.25, 0.3) is 0 Å². The van der Waals surface area contributed by atoms with Crippen LogP contribution in [-0.4, -0.2) is 289 Å². The Morgan fingerprint density at radius 1 is 0.233 bits per heavy atom. The molecule has 7 aromatic rings. The van der Waals surface area contributed by atoms with E-state index in [1.165, 1.54) is 19.0 Å². The van der Waals surface area contributed by atoms with Crippen molar-refractivity contribution in [1.82, 2.24) is 34.3 Å². The standard InChI is InChI=1S/7C16H25NO2/c7*1-17(2)12-15(13-6-8-14(18)9-7-13)16(19)10-4-3-5-11-16/h7*6-9,15,18-19H,3-5,10-12H2,1-2H3/i1D3,3D2,4D2,5D2,8D,9D,10D2,11D2,12D2,15D;1D3,2D3,3D2,4D2,5D2,8D,9D,10D2,11D2,15D;1D3,2D3,3D2,4D2,5D2,8D,9D,10D2,11D2,12D2;3D2,4D2,5D2,8D,9D,10D2,11D2,12D2,15D;1D3,3D2,4D2,5D2,8D,9D,10D2,11D2,15D;1D3,3D2,4D2,5D2,8D,9D,10D2,11D2,12D2;3D2,4D2,5D2,8D,9D,10D2,11D2,15D. The molecule has 7 saturated carbocycles. The van der Waals surface area contributed by atoms with E-state index in [1.807, 2.05) is 0 Å². The van der Waals surface area contributed by atoms with E-state index < -0.39 is 572 Å². The van der Waals surface area contributed by atoms with Crippen molar-refractivity contribution in [2.75, 3.05) is 144 Å². The van der Waals surface area contributed by atoms with Crippen LogP contribution in [0.4, 0.5) is 0 Å². The van der Waals surface area contributed by atoms with Gasteiger partial charge in [0, 0.05) is 229 Å². The molecule has 7 aliphatic rings. The van der Waals surface area contributed by atoms with Crippen LogP contribution in [0.2, 0.25) is 0 Å². The smallest absolute Gasteiger partial charge is 0.115 e. The zero-order chi connectivity index (χ0) is 201. The summed E-state index contributed by atoms with van der Waals surface area (Å²) < 4.78 is 957. The Bertz CT molecular complexity index is 10100. The summed E-state index contributed by atoms with van der Waals surface area (Å²) in [5.74, 6) is -30.9. The summed E-state index contributed by atoms with van der Waals surface area (Å²) >= 11 is 0. The first-order valence-electron chi connectivity index (χ1n) is 96.5. The van der Waals surface area contributed by atoms with Crippen molar-refractivity contribution in [3.8, 4) is 40.2 Å². The fourth-order valence-electron chi connectivity index (χ4n) is 11.1. The molecule has 14 N–H and O–H groups in total. The molecule has 7 aliphatic carbocycles. The van der Waals surface area contributed by atoms with E-state index in [-0.39, 0.29) is 9.80 Å². The summed E-state index contributed by atoms with van der Waals surface area (Å²) in [7, 11) is 6.86. The summed E-state index contributed by atoms with van der Waals surface area (Å²) in [4.78, 5) is 0.750. The Labute approximate surface area is 966 Å². The highest BCUT2D eigenvalue weighted by Crippen LogP contribution is 2.48. The number of aromatic hydroxyl groups is 7. The highest BCUT2D eigenvalue weighted by atomic mass is 16.3. The molecular weight excluding hydrogens is 1670 g/mol. The monoisotopic (exact) mass is 1960 g/mol. The number of nitrogens with zero attached hydrogens (tertiary/aromatic N) is 7. The van der Waals surface area contributed by atoms with Crippen LogP contribution in [0, 0.1) is 0 Å². The Hall–Kier alpha value is -7.42. The summed E-state index contributed by atoms with van der Waals surface area (Å²) in [6, 6.07) is -5.16. The van der Waals surface area contributed by atoms with Crippen molar-refractivity contribution >= 4 is 0 Å². The van der Waals surface area contributed by atoms with Gasteiger partial charge in [-0.2, -0.15) is 0 Å². The molecule has 0 radical (unpaired) electrons. The van der Waals surface area contributed by atoms with Crippen molar-refractivity contribution in [2.45, 2.75) is 304 Å². The molecule has 7 unspecified atom stereocenters. The van der Waals surface area contributed by atoms with Gasteiger partial charge < -0.3 is 106 Å². The molecule has 0 heterocycles. The summed E-state index contributed by atoms with van der Waals surface area (Å²) in [5.41, 5.74) is -36.6. The number of phenols is 7. The number of likely N-dealkylation sites (N-methyl/N-ethyl adjacent to an activating group) is 7. The average molecular weight is 1960 g/mol. The van der Waals surface area contributed by atoms with Gasteiger partial charge in [-0.3, -0.25) is 0 Å². The van der Waals surface area contributed by atoms with Gasteiger partial charge in [-0.1, -0.05) is 219 Å². The van der Waals surface area contributed by atoms with Crippen LogP contribution in [-0.2, 0) is 0 Å². The third kappa shape index (κ3) is 35.2. The van der Waals surface area contributed by atoms with Crippen molar-refractivity contribution in [2.24, 2.45) is 0 Å². The molecule has 0 saturated heterocycles. The van der Waals surface area contributed by atoms with Gasteiger partial charge in [0.1, 0.15) is 40.2 Å². The summed E-state index contributed by atoms with van der Waals surface area (Å²) in [6.07, 6.45) is -143. The van der Waals surface area contributed by atoms with E-state index in [4.69, 9.17) is 162 Å². The zero-order valence-corrected chi connectivity index (χ0v) is 70.8. The maximum absolute atomic E-state index is 11.9. The Kier molecular flexibility index (Phi) is 12.5. The van der Waals surface area contributed by atoms with Gasteiger partial charge in [-0.25, -0.2) is 0 Å². The molecular formula is C112H175N7O14. The van der Waals surface area contributed by atoms with Crippen LogP contribution in [0.15, 0.2) is 170 Å². The van der Waals surface area contributed by atoms with E-state index in [0.717, 1.165) is 33.3 Å². The molecule has 7 atom stereocenters. The topological polar surface area (TPSA) is 306 Å². The van der Waals surface area contributed by atoms with Crippen molar-refractivity contribution in [1.29, 1.82) is 0 Å². The predicted molar refractivity (Wildman–Crippen MR) is 542 cm³/mol. The first-order valence-corrected chi connectivity index (χ1v) is 37.5. The second kappa shape index (κ2) is 53.5. The quantitative estimate of drug-likeness (QED) is 0.0217. The highest BCUT2D eigenvalue weighted by molar-refractivity contribution is 5.37. The Morgan fingerprint density at radius 2 is 0.406 bits per heavy atom. The number of hydrogen-bond donors (Lipinski definition) is 14. The number of hydrogen-bond acceptors (Lipinski definition) is 21. The molecule has 0 aliphatic heterocycles. The fraction of sp³-hybridized carbons (Fsp3) is 0.625. The van der Waals surface area contributed by atoms with Crippen molar-refractivity contribution in [3.05, 3.63) is 208 Å². The minimum Gasteiger partial charge on any atom is -0.508 e. The minimum absolute atomic E-state index is 0.0245. The molecule has 7 fully saturated rings. The van der Waals surface area contributed by atoms with Crippen molar-refractivity contribution < 1.29 is 233 Å². The summed E-state index contributed by atoms with van der Waals surface area (Å²) in [5, 5.41) is 151. The first kappa shape index (κ1) is 31.0. The average Bonchev–Trinajstić information content (AvgIpc) is 0.636. The molecule has 133 heavy (non-hydrogen) atoms. The maximum atomic E-state index is 11.9. The maximum Gasteiger partial charge on any atom is 0.115 e. The predicted octanol–water partition coefficient (Wildman–Crippen LogP) is 19.1. The van der Waals surface area contributed by atoms with Gasteiger partial charge >= 0.3 is 0 Å². The number of aliphatic hydroxyl groups is 7. The SMILES string of the molecule is [2H]c1cc(C(C([2H])([2H])N(C([2H])([2H])[2H])C([2H])([2H])[2H])C2(O)C([2H])([2H])C([2H])([2H])C([2H])([2H])C([2H])([2H])C2([2H])[2H])cc([2H])c1O.[2H]c1cc(C(C([2H])([2H])N(C)C([2H])([2H])[2H])C2(O)C([2H])([2H])C([2H])([2H])C([2H])([2H])C([2H])([2H])C2([2H])[2H])cc([2H])c1O.[2H]c1cc(C([2H])(C([2H])([2H])N(C)C([2H])([2H])[2H])C2(O)C([2H])([2H])C([2H])([2H])C([2H])([2H])C([2H])([2H])C2([2H])[2H])cc([2H])c1O.[2H]c1cc(C([2H])(C([2H])([2H])N(C)C)C2(O)C([2H])([2H])C([2H])([2H])C([2H])([2H])C([2H])([2H])C2([2H])[2H])cc([2H])c1O.[2H]c1cc(C([2H])(CN(C([2H])([2H])[2H])C([2H])([2H])[2H])C2(O)C([2H])([2H])C([2H])([2H])C([2H])([2H])C([2H])([2H])C2([2H])[2H])cc([2H])c1O.[2H]c1cc(C([2H])(CN(C)C([2H])([2H])[2H])C2(O)C([2H])([2H])C([2H])([2H])C([2H])([2H])C([2H])([2H])C2([2H])[2H])cc([2H])c1O.[2H]c1cc(C([2H])(CN(C)C)C2(O)C([2H])([2H])C([2H])([2H])C([2H])([2H])C([2H])([2H])C2([2H])[2H])cc([2H])c1O. The number of phenolic OH excluding ortho intramolecular Hbond substituents is 7. The van der Waals surface area contributed by atoms with Crippen LogP contribution in [0.1, 0.15) is 465 Å². The molecule has 0 amide bonds. The zero-order valence-electron chi connectivity index (χ0n) is 189. The Morgan fingerprint density at radius 3 is 0.624 bits per heavy atom. The van der Waals surface area contributed by atoms with Crippen molar-refractivity contribution in [3.63, 3.8) is 0 Å². The second-order valence-electron chi connectivity index (χ2n) is 27.8. The molecule has 742 valence electrons. The van der Waals surface area contributed by atoms with Crippen LogP contribution in [0.3, 0.4) is 0 Å². The molecule has 21 nitrogen and oxygen atoms in total. The number of benzene rings is 7. The van der Waals surface area contributed by atoms with Gasteiger partial charge in [0.2, 0.25) is 0 Å². The Balaban J connectivity index is 0.000000344. The minimum atomic E-state index is -4.61. The summed E-state index contributed by atoms with van der Waals surface area (Å²) in [6.45, 7) is -44.1. The molecule has 7 aromatic carbocycles. The first-order chi connectivity index (χ1) is 109. The molecule has 0 aromatic heterocycles. The lowest BCUT2D eigenvalue weighted by Gasteiger charge is -2.40. The normalized spacial score (nSPS) is 49.0. The lowest BCUT2D eigenvalue weighted by molar-refractivity contribution is -0.0280. The van der Waals surface area contributed by atoms with Gasteiger partial charge in [-0.05, 0) is 311 Å². The van der Waals surface area contributed by atoms with Crippen LogP contribution < -0.4 is 0 Å².